The number of hydrogen-bond donors (Lipinski definition) is 0. The summed E-state index contributed by atoms with van der Waals surface area (Å²) >= 11 is 0. The average Bonchev–Trinajstić information content (AvgIpc) is 2.73. The predicted molar refractivity (Wildman–Crippen MR) is 98.0 cm³/mol. The Hall–Kier alpha value is -2.10. The maximum Gasteiger partial charge on any atom is 0.133 e. The van der Waals surface area contributed by atoms with Gasteiger partial charge in [0.2, 0.25) is 0 Å². The summed E-state index contributed by atoms with van der Waals surface area (Å²) in [6.45, 7) is 0. The summed E-state index contributed by atoms with van der Waals surface area (Å²) in [5, 5.41) is 0. The maximum absolute atomic E-state index is 11.4. The minimum Gasteiger partial charge on any atom is -0.302 e. The van der Waals surface area contributed by atoms with Gasteiger partial charge in [0.1, 0.15) is 25.1 Å². The van der Waals surface area contributed by atoms with Gasteiger partial charge in [-0.1, -0.05) is 37.1 Å². The van der Waals surface area contributed by atoms with Gasteiger partial charge in [-0.15, -0.1) is 0 Å². The molecule has 4 heteroatoms. The first-order valence-electron chi connectivity index (χ1n) is 9.54. The topological polar surface area (TPSA) is 68.3 Å². The molecule has 0 heterocycles. The molecule has 0 spiro atoms. The summed E-state index contributed by atoms with van der Waals surface area (Å²) < 4.78 is 0. The Morgan fingerprint density at radius 3 is 1.54 bits per heavy atom. The van der Waals surface area contributed by atoms with Crippen LogP contribution in [0.5, 0.6) is 0 Å². The van der Waals surface area contributed by atoms with E-state index in [2.05, 4.69) is 18.2 Å². The SMILES string of the molecule is O=CC1(C=O)CCCC(c2cccc(C3CCCC(C=O)(C=O)C3)c2)C1. The van der Waals surface area contributed by atoms with Crippen LogP contribution in [0.4, 0.5) is 0 Å². The minimum absolute atomic E-state index is 0.199. The molecule has 2 saturated carbocycles. The Morgan fingerprint density at radius 1 is 0.731 bits per heavy atom. The maximum atomic E-state index is 11.4. The van der Waals surface area contributed by atoms with Gasteiger partial charge in [0, 0.05) is 0 Å². The third-order valence-corrected chi connectivity index (χ3v) is 6.43. The Balaban J connectivity index is 1.82. The van der Waals surface area contributed by atoms with Gasteiger partial charge < -0.3 is 19.2 Å². The molecule has 26 heavy (non-hydrogen) atoms. The van der Waals surface area contributed by atoms with E-state index in [9.17, 15) is 19.2 Å². The van der Waals surface area contributed by atoms with Crippen LogP contribution in [0.1, 0.15) is 74.3 Å². The molecule has 0 saturated heterocycles. The fourth-order valence-corrected chi connectivity index (χ4v) is 4.80. The fourth-order valence-electron chi connectivity index (χ4n) is 4.80. The molecule has 138 valence electrons. The van der Waals surface area contributed by atoms with E-state index in [1.54, 1.807) is 0 Å². The molecule has 2 aliphatic rings. The van der Waals surface area contributed by atoms with Crippen molar-refractivity contribution in [3.8, 4) is 0 Å². The van der Waals surface area contributed by atoms with Crippen LogP contribution >= 0.6 is 0 Å². The van der Waals surface area contributed by atoms with Crippen molar-refractivity contribution in [1.82, 2.24) is 0 Å². The van der Waals surface area contributed by atoms with Gasteiger partial charge in [-0.25, -0.2) is 0 Å². The van der Waals surface area contributed by atoms with Crippen LogP contribution in [0.25, 0.3) is 0 Å². The Morgan fingerprint density at radius 2 is 1.15 bits per heavy atom. The van der Waals surface area contributed by atoms with Crippen molar-refractivity contribution in [3.05, 3.63) is 35.4 Å². The molecule has 2 atom stereocenters. The zero-order valence-electron chi connectivity index (χ0n) is 15.1. The van der Waals surface area contributed by atoms with Gasteiger partial charge >= 0.3 is 0 Å². The monoisotopic (exact) mass is 354 g/mol. The van der Waals surface area contributed by atoms with E-state index in [1.165, 1.54) is 0 Å². The first kappa shape index (κ1) is 18.7. The lowest BCUT2D eigenvalue weighted by atomic mass is 9.67. The van der Waals surface area contributed by atoms with E-state index < -0.39 is 10.8 Å². The summed E-state index contributed by atoms with van der Waals surface area (Å²) in [5.41, 5.74) is 0.634. The van der Waals surface area contributed by atoms with E-state index >= 15 is 0 Å². The van der Waals surface area contributed by atoms with Crippen molar-refractivity contribution in [3.63, 3.8) is 0 Å². The molecule has 1 aromatic carbocycles. The molecule has 0 aliphatic heterocycles. The van der Waals surface area contributed by atoms with Gasteiger partial charge in [-0.05, 0) is 61.5 Å². The van der Waals surface area contributed by atoms with E-state index in [0.29, 0.717) is 25.7 Å². The molecule has 0 bridgehead atoms. The van der Waals surface area contributed by atoms with Crippen LogP contribution in [-0.2, 0) is 19.2 Å². The summed E-state index contributed by atoms with van der Waals surface area (Å²) in [7, 11) is 0. The van der Waals surface area contributed by atoms with Crippen molar-refractivity contribution < 1.29 is 19.2 Å². The van der Waals surface area contributed by atoms with Gasteiger partial charge in [0.25, 0.3) is 0 Å². The Bertz CT molecular complexity index is 622. The van der Waals surface area contributed by atoms with E-state index in [1.807, 2.05) is 6.07 Å². The van der Waals surface area contributed by atoms with Crippen LogP contribution in [0, 0.1) is 10.8 Å². The molecule has 2 unspecified atom stereocenters. The van der Waals surface area contributed by atoms with Crippen molar-refractivity contribution in [2.45, 2.75) is 63.2 Å². The molecule has 3 rings (SSSR count). The van der Waals surface area contributed by atoms with Crippen LogP contribution in [0.3, 0.4) is 0 Å². The quantitative estimate of drug-likeness (QED) is 0.576. The number of rotatable bonds is 6. The lowest BCUT2D eigenvalue weighted by Gasteiger charge is -2.35. The second-order valence-electron chi connectivity index (χ2n) is 8.19. The first-order valence-corrected chi connectivity index (χ1v) is 9.54. The van der Waals surface area contributed by atoms with Crippen LogP contribution < -0.4 is 0 Å². The number of aldehydes is 4. The molecule has 0 radical (unpaired) electrons. The van der Waals surface area contributed by atoms with E-state index in [0.717, 1.165) is 62.0 Å². The largest absolute Gasteiger partial charge is 0.302 e. The van der Waals surface area contributed by atoms with E-state index in [-0.39, 0.29) is 11.8 Å². The smallest absolute Gasteiger partial charge is 0.133 e. The van der Waals surface area contributed by atoms with Crippen molar-refractivity contribution in [1.29, 1.82) is 0 Å². The summed E-state index contributed by atoms with van der Waals surface area (Å²) in [6, 6.07) is 8.30. The molecule has 2 aliphatic carbocycles. The number of carbonyl (C=O) groups excluding carboxylic acids is 4. The van der Waals surface area contributed by atoms with Crippen LogP contribution in [0.2, 0.25) is 0 Å². The highest BCUT2D eigenvalue weighted by Gasteiger charge is 2.38. The zero-order chi connectivity index (χ0) is 18.6. The fraction of sp³-hybridized carbons (Fsp3) is 0.545. The molecule has 0 amide bonds. The lowest BCUT2D eigenvalue weighted by molar-refractivity contribution is -0.129. The van der Waals surface area contributed by atoms with Crippen molar-refractivity contribution in [2.75, 3.05) is 0 Å². The van der Waals surface area contributed by atoms with Gasteiger partial charge in [0.05, 0.1) is 10.8 Å². The normalized spacial score (nSPS) is 27.2. The number of hydrogen-bond acceptors (Lipinski definition) is 4. The van der Waals surface area contributed by atoms with Gasteiger partial charge in [-0.3, -0.25) is 0 Å². The third-order valence-electron chi connectivity index (χ3n) is 6.43. The summed E-state index contributed by atoms with van der Waals surface area (Å²) in [5.74, 6) is 0.397. The molecular weight excluding hydrogens is 328 g/mol. The number of carbonyl (C=O) groups is 4. The number of benzene rings is 1. The molecular formula is C22H26O4. The Kier molecular flexibility index (Phi) is 5.49. The van der Waals surface area contributed by atoms with E-state index in [4.69, 9.17) is 0 Å². The van der Waals surface area contributed by atoms with Crippen LogP contribution in [0.15, 0.2) is 24.3 Å². The summed E-state index contributed by atoms with van der Waals surface area (Å²) in [4.78, 5) is 45.8. The minimum atomic E-state index is -0.839. The predicted octanol–water partition coefficient (Wildman–Crippen LogP) is 3.77. The Labute approximate surface area is 154 Å². The molecule has 0 N–H and O–H groups in total. The molecule has 4 nitrogen and oxygen atoms in total. The van der Waals surface area contributed by atoms with Crippen molar-refractivity contribution in [2.24, 2.45) is 10.8 Å². The highest BCUT2D eigenvalue weighted by Crippen LogP contribution is 2.44. The van der Waals surface area contributed by atoms with Crippen LogP contribution in [-0.4, -0.2) is 25.1 Å². The highest BCUT2D eigenvalue weighted by atomic mass is 16.1. The second-order valence-corrected chi connectivity index (χ2v) is 8.19. The lowest BCUT2D eigenvalue weighted by Crippen LogP contribution is -2.31. The third kappa shape index (κ3) is 3.55. The standard InChI is InChI=1S/C22H26O4/c23-13-21(14-24)8-2-6-19(11-21)17-4-1-5-18(10-17)20-7-3-9-22(12-20,15-25)16-26/h1,4-5,10,13-16,19-20H,2-3,6-9,11-12H2. The zero-order valence-corrected chi connectivity index (χ0v) is 15.1. The average molecular weight is 354 g/mol. The van der Waals surface area contributed by atoms with Gasteiger partial charge in [-0.2, -0.15) is 0 Å². The molecule has 0 aromatic heterocycles. The second kappa shape index (κ2) is 7.65. The van der Waals surface area contributed by atoms with Gasteiger partial charge in [0.15, 0.2) is 0 Å². The molecule has 2 fully saturated rings. The first-order chi connectivity index (χ1) is 12.6. The molecule has 1 aromatic rings. The summed E-state index contributed by atoms with van der Waals surface area (Å²) in [6.07, 6.45) is 9.39. The highest BCUT2D eigenvalue weighted by molar-refractivity contribution is 5.84. The van der Waals surface area contributed by atoms with Crippen molar-refractivity contribution >= 4 is 25.1 Å².